The average Bonchev–Trinajstić information content (AvgIpc) is 2.45. The Balaban J connectivity index is 2.63. The van der Waals surface area contributed by atoms with Crippen LogP contribution in [0.5, 0.6) is 11.5 Å². The second-order valence-corrected chi connectivity index (χ2v) is 6.42. The largest absolute Gasteiger partial charge is 0.493 e. The Morgan fingerprint density at radius 2 is 2.10 bits per heavy atom. The second-order valence-electron chi connectivity index (χ2n) is 4.15. The molecule has 0 bridgehead atoms. The summed E-state index contributed by atoms with van der Waals surface area (Å²) in [5.41, 5.74) is 1.01. The molecule has 0 aliphatic carbocycles. The standard InChI is InChI=1S/C14H22ClNO3S/c1-4-19-14-12(15)8-11(9-13(14)18-3)10-16-6-7-20(17)5-2/h8-9,16H,4-7,10H2,1-3H3. The molecule has 0 spiro atoms. The fraction of sp³-hybridized carbons (Fsp3) is 0.571. The molecule has 0 aliphatic heterocycles. The van der Waals surface area contributed by atoms with Gasteiger partial charge >= 0.3 is 0 Å². The lowest BCUT2D eigenvalue weighted by molar-refractivity contribution is 0.311. The number of hydrogen-bond donors (Lipinski definition) is 1. The van der Waals surface area contributed by atoms with Crippen LogP contribution in [0.25, 0.3) is 0 Å². The van der Waals surface area contributed by atoms with Crippen LogP contribution in [0, 0.1) is 0 Å². The van der Waals surface area contributed by atoms with Crippen molar-refractivity contribution in [1.82, 2.24) is 5.32 Å². The third-order valence-corrected chi connectivity index (χ3v) is 4.32. The number of nitrogens with one attached hydrogen (secondary N) is 1. The molecule has 1 aromatic rings. The summed E-state index contributed by atoms with van der Waals surface area (Å²) in [4.78, 5) is 0. The van der Waals surface area contributed by atoms with E-state index in [-0.39, 0.29) is 0 Å². The molecule has 114 valence electrons. The predicted octanol–water partition coefficient (Wildman–Crippen LogP) is 2.61. The molecule has 0 aromatic heterocycles. The summed E-state index contributed by atoms with van der Waals surface area (Å²) in [7, 11) is 0.858. The third kappa shape index (κ3) is 5.31. The maximum Gasteiger partial charge on any atom is 0.179 e. The Labute approximate surface area is 128 Å². The quantitative estimate of drug-likeness (QED) is 0.711. The second kappa shape index (κ2) is 9.21. The van der Waals surface area contributed by atoms with Crippen LogP contribution >= 0.6 is 11.6 Å². The summed E-state index contributed by atoms with van der Waals surface area (Å²) < 4.78 is 22.1. The number of ether oxygens (including phenoxy) is 2. The maximum atomic E-state index is 11.3. The molecule has 0 amide bonds. The van der Waals surface area contributed by atoms with Crippen molar-refractivity contribution in [3.8, 4) is 11.5 Å². The van der Waals surface area contributed by atoms with E-state index in [9.17, 15) is 4.21 Å². The van der Waals surface area contributed by atoms with Crippen molar-refractivity contribution in [1.29, 1.82) is 0 Å². The van der Waals surface area contributed by atoms with Crippen LogP contribution < -0.4 is 14.8 Å². The van der Waals surface area contributed by atoms with Crippen molar-refractivity contribution in [3.63, 3.8) is 0 Å². The summed E-state index contributed by atoms with van der Waals surface area (Å²) in [6.07, 6.45) is 0. The van der Waals surface area contributed by atoms with E-state index in [1.165, 1.54) is 0 Å². The van der Waals surface area contributed by atoms with Gasteiger partial charge in [-0.25, -0.2) is 0 Å². The Hall–Kier alpha value is -0.780. The van der Waals surface area contributed by atoms with Crippen LogP contribution in [0.1, 0.15) is 19.4 Å². The average molecular weight is 320 g/mol. The summed E-state index contributed by atoms with van der Waals surface area (Å²) in [6.45, 7) is 5.74. The zero-order valence-electron chi connectivity index (χ0n) is 12.2. The number of benzene rings is 1. The van der Waals surface area contributed by atoms with Crippen LogP contribution in [-0.4, -0.2) is 36.0 Å². The molecule has 0 radical (unpaired) electrons. The summed E-state index contributed by atoms with van der Waals surface area (Å²) in [6, 6.07) is 3.76. The summed E-state index contributed by atoms with van der Waals surface area (Å²) in [5, 5.41) is 3.79. The Morgan fingerprint density at radius 3 is 2.70 bits per heavy atom. The first-order chi connectivity index (χ1) is 9.62. The van der Waals surface area contributed by atoms with Crippen molar-refractivity contribution in [3.05, 3.63) is 22.7 Å². The minimum Gasteiger partial charge on any atom is -0.493 e. The first-order valence-corrected chi connectivity index (χ1v) is 8.53. The van der Waals surface area contributed by atoms with E-state index >= 15 is 0 Å². The Bertz CT molecular complexity index is 454. The van der Waals surface area contributed by atoms with Gasteiger partial charge in [0.2, 0.25) is 0 Å². The SMILES string of the molecule is CCOc1c(Cl)cc(CNCCS(=O)CC)cc1OC. The van der Waals surface area contributed by atoms with Crippen LogP contribution in [0.3, 0.4) is 0 Å². The van der Waals surface area contributed by atoms with E-state index in [1.807, 2.05) is 26.0 Å². The smallest absolute Gasteiger partial charge is 0.179 e. The highest BCUT2D eigenvalue weighted by Gasteiger charge is 2.11. The van der Waals surface area contributed by atoms with Crippen molar-refractivity contribution >= 4 is 22.4 Å². The molecule has 1 aromatic carbocycles. The fourth-order valence-electron chi connectivity index (χ4n) is 1.72. The van der Waals surface area contributed by atoms with Crippen molar-refractivity contribution in [2.75, 3.05) is 31.8 Å². The highest BCUT2D eigenvalue weighted by molar-refractivity contribution is 7.84. The normalized spacial score (nSPS) is 12.2. The predicted molar refractivity (Wildman–Crippen MR) is 84.4 cm³/mol. The Kier molecular flexibility index (Phi) is 7.95. The van der Waals surface area contributed by atoms with Gasteiger partial charge in [0.25, 0.3) is 0 Å². The zero-order valence-corrected chi connectivity index (χ0v) is 13.8. The first-order valence-electron chi connectivity index (χ1n) is 6.67. The van der Waals surface area contributed by atoms with E-state index in [2.05, 4.69) is 5.32 Å². The minimum absolute atomic E-state index is 0.538. The van der Waals surface area contributed by atoms with E-state index in [0.717, 1.165) is 5.56 Å². The topological polar surface area (TPSA) is 47.6 Å². The monoisotopic (exact) mass is 319 g/mol. The van der Waals surface area contributed by atoms with Crippen molar-refractivity contribution in [2.45, 2.75) is 20.4 Å². The highest BCUT2D eigenvalue weighted by Crippen LogP contribution is 2.36. The van der Waals surface area contributed by atoms with Gasteiger partial charge in [-0.2, -0.15) is 0 Å². The fourth-order valence-corrected chi connectivity index (χ4v) is 2.67. The maximum absolute atomic E-state index is 11.3. The molecular weight excluding hydrogens is 298 g/mol. The molecular formula is C14H22ClNO3S. The molecule has 1 rings (SSSR count). The third-order valence-electron chi connectivity index (χ3n) is 2.74. The van der Waals surface area contributed by atoms with Gasteiger partial charge in [-0.3, -0.25) is 4.21 Å². The van der Waals surface area contributed by atoms with Crippen molar-refractivity contribution < 1.29 is 13.7 Å². The van der Waals surface area contributed by atoms with Gasteiger partial charge in [0, 0.05) is 35.4 Å². The zero-order chi connectivity index (χ0) is 15.0. The summed E-state index contributed by atoms with van der Waals surface area (Å²) >= 11 is 6.20. The van der Waals surface area contributed by atoms with E-state index in [1.54, 1.807) is 7.11 Å². The lowest BCUT2D eigenvalue weighted by atomic mass is 10.2. The number of hydrogen-bond acceptors (Lipinski definition) is 4. The lowest BCUT2D eigenvalue weighted by Crippen LogP contribution is -2.20. The van der Waals surface area contributed by atoms with Gasteiger partial charge < -0.3 is 14.8 Å². The molecule has 0 heterocycles. The lowest BCUT2D eigenvalue weighted by Gasteiger charge is -2.13. The molecule has 1 unspecified atom stereocenters. The van der Waals surface area contributed by atoms with E-state index < -0.39 is 10.8 Å². The first kappa shape index (κ1) is 17.3. The number of methoxy groups -OCH3 is 1. The summed E-state index contributed by atoms with van der Waals surface area (Å²) in [5.74, 6) is 2.57. The van der Waals surface area contributed by atoms with Crippen LogP contribution in [0.4, 0.5) is 0 Å². The molecule has 4 nitrogen and oxygen atoms in total. The van der Waals surface area contributed by atoms with Crippen LogP contribution in [0.15, 0.2) is 12.1 Å². The number of rotatable bonds is 9. The van der Waals surface area contributed by atoms with Gasteiger partial charge in [-0.05, 0) is 24.6 Å². The molecule has 20 heavy (non-hydrogen) atoms. The molecule has 1 N–H and O–H groups in total. The molecule has 0 saturated heterocycles. The molecule has 1 atom stereocenters. The van der Waals surface area contributed by atoms with Crippen molar-refractivity contribution in [2.24, 2.45) is 0 Å². The number of halogens is 1. The van der Waals surface area contributed by atoms with Gasteiger partial charge in [-0.1, -0.05) is 18.5 Å². The van der Waals surface area contributed by atoms with Crippen LogP contribution in [-0.2, 0) is 17.3 Å². The highest BCUT2D eigenvalue weighted by atomic mass is 35.5. The Morgan fingerprint density at radius 1 is 1.35 bits per heavy atom. The molecule has 6 heteroatoms. The molecule has 0 fully saturated rings. The molecule has 0 saturated carbocycles. The van der Waals surface area contributed by atoms with Gasteiger partial charge in [0.1, 0.15) is 0 Å². The van der Waals surface area contributed by atoms with Crippen LogP contribution in [0.2, 0.25) is 5.02 Å². The van der Waals surface area contributed by atoms with Gasteiger partial charge in [0.05, 0.1) is 18.7 Å². The van der Waals surface area contributed by atoms with Gasteiger partial charge in [-0.15, -0.1) is 0 Å². The van der Waals surface area contributed by atoms with Gasteiger partial charge in [0.15, 0.2) is 11.5 Å². The minimum atomic E-state index is -0.735. The van der Waals surface area contributed by atoms with E-state index in [4.69, 9.17) is 21.1 Å². The molecule has 0 aliphatic rings. The van der Waals surface area contributed by atoms with E-state index in [0.29, 0.717) is 47.7 Å².